The van der Waals surface area contributed by atoms with Crippen LogP contribution in [0.3, 0.4) is 0 Å². The maximum absolute atomic E-state index is 12.0. The first kappa shape index (κ1) is 16.8. The fraction of sp³-hybridized carbons (Fsp3) is 0.118. The SMILES string of the molecule is N#CC(CC(=O)NC(=O)c1ccccc1)c1ccc([N+](=O)[O-])cc1. The van der Waals surface area contributed by atoms with E-state index in [4.69, 9.17) is 0 Å². The van der Waals surface area contributed by atoms with Crippen molar-refractivity contribution in [2.45, 2.75) is 12.3 Å². The summed E-state index contributed by atoms with van der Waals surface area (Å²) in [5.74, 6) is -1.93. The molecule has 0 radical (unpaired) electrons. The van der Waals surface area contributed by atoms with Crippen LogP contribution in [0.5, 0.6) is 0 Å². The van der Waals surface area contributed by atoms with Gasteiger partial charge in [0.1, 0.15) is 0 Å². The van der Waals surface area contributed by atoms with Crippen LogP contribution in [0.2, 0.25) is 0 Å². The van der Waals surface area contributed by atoms with Crippen molar-refractivity contribution >= 4 is 17.5 Å². The first-order chi connectivity index (χ1) is 11.5. The van der Waals surface area contributed by atoms with Crippen molar-refractivity contribution in [2.24, 2.45) is 0 Å². The lowest BCUT2D eigenvalue weighted by Crippen LogP contribution is -2.31. The van der Waals surface area contributed by atoms with Gasteiger partial charge in [0.25, 0.3) is 11.6 Å². The molecule has 0 heterocycles. The minimum absolute atomic E-state index is 0.0980. The minimum Gasteiger partial charge on any atom is -0.292 e. The molecule has 120 valence electrons. The summed E-state index contributed by atoms with van der Waals surface area (Å²) in [6.07, 6.45) is -0.215. The summed E-state index contributed by atoms with van der Waals surface area (Å²) in [6, 6.07) is 15.6. The van der Waals surface area contributed by atoms with Crippen LogP contribution in [0.15, 0.2) is 54.6 Å². The van der Waals surface area contributed by atoms with Gasteiger partial charge >= 0.3 is 0 Å². The first-order valence-electron chi connectivity index (χ1n) is 7.04. The van der Waals surface area contributed by atoms with Crippen LogP contribution in [0.1, 0.15) is 28.3 Å². The van der Waals surface area contributed by atoms with Crippen LogP contribution >= 0.6 is 0 Å². The van der Waals surface area contributed by atoms with Crippen LogP contribution in [0.4, 0.5) is 5.69 Å². The van der Waals surface area contributed by atoms with Crippen LogP contribution in [-0.2, 0) is 4.79 Å². The summed E-state index contributed by atoms with van der Waals surface area (Å²) in [6.45, 7) is 0. The number of nitriles is 1. The molecule has 1 N–H and O–H groups in total. The molecule has 0 saturated heterocycles. The summed E-state index contributed by atoms with van der Waals surface area (Å²) >= 11 is 0. The second-order valence-corrected chi connectivity index (χ2v) is 4.98. The van der Waals surface area contributed by atoms with E-state index in [1.807, 2.05) is 6.07 Å². The van der Waals surface area contributed by atoms with Gasteiger partial charge in [0.15, 0.2) is 0 Å². The molecular formula is C17H13N3O4. The number of non-ortho nitro benzene ring substituents is 1. The Hall–Kier alpha value is -3.53. The molecule has 0 fully saturated rings. The lowest BCUT2D eigenvalue weighted by atomic mass is 9.96. The Labute approximate surface area is 137 Å². The number of nitro benzene ring substituents is 1. The molecule has 2 aromatic carbocycles. The maximum atomic E-state index is 12.0. The average Bonchev–Trinajstić information content (AvgIpc) is 2.60. The quantitative estimate of drug-likeness (QED) is 0.671. The molecule has 24 heavy (non-hydrogen) atoms. The van der Waals surface area contributed by atoms with Crippen molar-refractivity contribution in [3.05, 3.63) is 75.8 Å². The van der Waals surface area contributed by atoms with Gasteiger partial charge in [-0.2, -0.15) is 5.26 Å². The number of imide groups is 1. The van der Waals surface area contributed by atoms with Crippen LogP contribution in [-0.4, -0.2) is 16.7 Å². The lowest BCUT2D eigenvalue weighted by Gasteiger charge is -2.09. The number of nitro groups is 1. The molecular weight excluding hydrogens is 310 g/mol. The predicted octanol–water partition coefficient (Wildman–Crippen LogP) is 2.55. The summed E-state index contributed by atoms with van der Waals surface area (Å²) in [7, 11) is 0. The van der Waals surface area contributed by atoms with Crippen LogP contribution < -0.4 is 5.32 Å². The zero-order chi connectivity index (χ0) is 17.5. The predicted molar refractivity (Wildman–Crippen MR) is 85.0 cm³/mol. The molecule has 0 saturated carbocycles. The second-order valence-electron chi connectivity index (χ2n) is 4.98. The molecule has 0 aliphatic carbocycles. The fourth-order valence-corrected chi connectivity index (χ4v) is 2.09. The highest BCUT2D eigenvalue weighted by atomic mass is 16.6. The Kier molecular flexibility index (Phi) is 5.36. The molecule has 7 heteroatoms. The maximum Gasteiger partial charge on any atom is 0.269 e. The van der Waals surface area contributed by atoms with E-state index in [0.717, 1.165) is 0 Å². The molecule has 2 aromatic rings. The van der Waals surface area contributed by atoms with Crippen molar-refractivity contribution in [1.82, 2.24) is 5.32 Å². The number of hydrogen-bond acceptors (Lipinski definition) is 5. The van der Waals surface area contributed by atoms with Crippen LogP contribution in [0.25, 0.3) is 0 Å². The molecule has 0 aliphatic heterocycles. The minimum atomic E-state index is -0.797. The first-order valence-corrected chi connectivity index (χ1v) is 7.04. The summed E-state index contributed by atoms with van der Waals surface area (Å²) in [4.78, 5) is 33.9. The summed E-state index contributed by atoms with van der Waals surface area (Å²) < 4.78 is 0. The van der Waals surface area contributed by atoms with Crippen LogP contribution in [0, 0.1) is 21.4 Å². The third kappa shape index (κ3) is 4.24. The molecule has 2 rings (SSSR count). The summed E-state index contributed by atoms with van der Waals surface area (Å²) in [5, 5.41) is 22.1. The van der Waals surface area contributed by atoms with Crippen molar-refractivity contribution < 1.29 is 14.5 Å². The standard InChI is InChI=1S/C17H13N3O4/c18-11-14(12-6-8-15(9-7-12)20(23)24)10-16(21)19-17(22)13-4-2-1-3-5-13/h1-9,14H,10H2,(H,19,21,22). The number of carbonyl (C=O) groups is 2. The number of hydrogen-bond donors (Lipinski definition) is 1. The smallest absolute Gasteiger partial charge is 0.269 e. The van der Waals surface area contributed by atoms with E-state index >= 15 is 0 Å². The topological polar surface area (TPSA) is 113 Å². The number of rotatable bonds is 5. The fourth-order valence-electron chi connectivity index (χ4n) is 2.09. The van der Waals surface area contributed by atoms with Crippen molar-refractivity contribution in [3.8, 4) is 6.07 Å². The molecule has 0 bridgehead atoms. The van der Waals surface area contributed by atoms with Gasteiger partial charge in [-0.1, -0.05) is 30.3 Å². The molecule has 7 nitrogen and oxygen atoms in total. The molecule has 2 amide bonds. The number of benzene rings is 2. The van der Waals surface area contributed by atoms with Gasteiger partial charge in [0, 0.05) is 24.1 Å². The number of amides is 2. The molecule has 0 aliphatic rings. The average molecular weight is 323 g/mol. The Morgan fingerprint density at radius 3 is 2.29 bits per heavy atom. The molecule has 1 atom stereocenters. The normalized spacial score (nSPS) is 11.1. The van der Waals surface area contributed by atoms with Crippen molar-refractivity contribution in [1.29, 1.82) is 5.26 Å². The monoisotopic (exact) mass is 323 g/mol. The van der Waals surface area contributed by atoms with E-state index in [1.165, 1.54) is 24.3 Å². The zero-order valence-corrected chi connectivity index (χ0v) is 12.5. The van der Waals surface area contributed by atoms with Crippen molar-refractivity contribution in [2.75, 3.05) is 0 Å². The van der Waals surface area contributed by atoms with Gasteiger partial charge in [-0.05, 0) is 17.7 Å². The number of nitrogens with zero attached hydrogens (tertiary/aromatic N) is 2. The van der Waals surface area contributed by atoms with Gasteiger partial charge in [0.05, 0.1) is 16.9 Å². The highest BCUT2D eigenvalue weighted by Gasteiger charge is 2.18. The number of nitrogens with one attached hydrogen (secondary N) is 1. The highest BCUT2D eigenvalue weighted by molar-refractivity contribution is 6.04. The van der Waals surface area contributed by atoms with E-state index < -0.39 is 22.7 Å². The summed E-state index contributed by atoms with van der Waals surface area (Å²) in [5.41, 5.74) is 0.722. The van der Waals surface area contributed by atoms with E-state index in [9.17, 15) is 25.0 Å². The van der Waals surface area contributed by atoms with Gasteiger partial charge < -0.3 is 0 Å². The van der Waals surface area contributed by atoms with E-state index in [2.05, 4.69) is 5.32 Å². The Balaban J connectivity index is 2.02. The van der Waals surface area contributed by atoms with E-state index in [-0.39, 0.29) is 12.1 Å². The zero-order valence-electron chi connectivity index (χ0n) is 12.5. The Morgan fingerprint density at radius 2 is 1.75 bits per heavy atom. The third-order valence-electron chi connectivity index (χ3n) is 3.34. The van der Waals surface area contributed by atoms with Gasteiger partial charge in [-0.25, -0.2) is 0 Å². The molecule has 1 unspecified atom stereocenters. The largest absolute Gasteiger partial charge is 0.292 e. The Morgan fingerprint density at radius 1 is 1.12 bits per heavy atom. The van der Waals surface area contributed by atoms with Gasteiger partial charge in [-0.3, -0.25) is 25.0 Å². The van der Waals surface area contributed by atoms with E-state index in [1.54, 1.807) is 30.3 Å². The number of carbonyl (C=O) groups excluding carboxylic acids is 2. The Bertz CT molecular complexity index is 795. The lowest BCUT2D eigenvalue weighted by molar-refractivity contribution is -0.384. The molecule has 0 aromatic heterocycles. The van der Waals surface area contributed by atoms with Gasteiger partial charge in [0.2, 0.25) is 5.91 Å². The van der Waals surface area contributed by atoms with Crippen molar-refractivity contribution in [3.63, 3.8) is 0 Å². The third-order valence-corrected chi connectivity index (χ3v) is 3.34. The highest BCUT2D eigenvalue weighted by Crippen LogP contribution is 2.21. The van der Waals surface area contributed by atoms with E-state index in [0.29, 0.717) is 11.1 Å². The molecule has 0 spiro atoms. The van der Waals surface area contributed by atoms with Gasteiger partial charge in [-0.15, -0.1) is 0 Å². The second kappa shape index (κ2) is 7.65.